The van der Waals surface area contributed by atoms with E-state index in [4.69, 9.17) is 14.2 Å². The van der Waals surface area contributed by atoms with Gasteiger partial charge in [0.1, 0.15) is 18.1 Å². The standard InChI is InChI=1S/C25H28BrN5O4/c1-5-11-35-23-17(26)12-16(13-20(23)33-4)22-21(15(3)29-25-27-14-28-31(22)25)24(32)30-18-9-7-8-10-19(18)34-6-2/h7-10,12-14,22H,5-6,11H2,1-4H3,(H,30,32)(H,27,28,29). The number of rotatable bonds is 9. The Labute approximate surface area is 212 Å². The highest BCUT2D eigenvalue weighted by molar-refractivity contribution is 9.10. The van der Waals surface area contributed by atoms with Gasteiger partial charge < -0.3 is 24.8 Å². The molecule has 0 radical (unpaired) electrons. The van der Waals surface area contributed by atoms with Crippen LogP contribution in [0.5, 0.6) is 17.2 Å². The lowest BCUT2D eigenvalue weighted by Crippen LogP contribution is -2.31. The van der Waals surface area contributed by atoms with Crippen LogP contribution in [0.15, 0.2) is 58.5 Å². The van der Waals surface area contributed by atoms with Gasteiger partial charge in [-0.2, -0.15) is 10.1 Å². The molecule has 3 aromatic rings. The van der Waals surface area contributed by atoms with Crippen LogP contribution in [-0.4, -0.2) is 41.0 Å². The monoisotopic (exact) mass is 541 g/mol. The van der Waals surface area contributed by atoms with Gasteiger partial charge in [0, 0.05) is 5.70 Å². The quantitative estimate of drug-likeness (QED) is 0.385. The van der Waals surface area contributed by atoms with Crippen LogP contribution in [0.2, 0.25) is 0 Å². The zero-order valence-electron chi connectivity index (χ0n) is 20.1. The summed E-state index contributed by atoms with van der Waals surface area (Å²) in [6.07, 6.45) is 2.32. The molecule has 184 valence electrons. The predicted octanol–water partition coefficient (Wildman–Crippen LogP) is 5.16. The van der Waals surface area contributed by atoms with Crippen molar-refractivity contribution >= 4 is 33.5 Å². The number of anilines is 2. The zero-order chi connectivity index (χ0) is 24.9. The fourth-order valence-electron chi connectivity index (χ4n) is 3.98. The van der Waals surface area contributed by atoms with E-state index in [1.807, 2.05) is 57.2 Å². The number of carbonyl (C=O) groups excluding carboxylic acids is 1. The average Bonchev–Trinajstić information content (AvgIpc) is 3.31. The number of para-hydroxylation sites is 2. The van der Waals surface area contributed by atoms with Crippen LogP contribution in [-0.2, 0) is 4.79 Å². The Bertz CT molecular complexity index is 1260. The van der Waals surface area contributed by atoms with Gasteiger partial charge in [-0.3, -0.25) is 4.79 Å². The van der Waals surface area contributed by atoms with Crippen molar-refractivity contribution in [3.63, 3.8) is 0 Å². The molecule has 35 heavy (non-hydrogen) atoms. The fraction of sp³-hybridized carbons (Fsp3) is 0.320. The number of amides is 1. The number of nitrogens with one attached hydrogen (secondary N) is 2. The summed E-state index contributed by atoms with van der Waals surface area (Å²) in [4.78, 5) is 18.0. The molecular formula is C25H28BrN5O4. The topological polar surface area (TPSA) is 99.5 Å². The van der Waals surface area contributed by atoms with Crippen LogP contribution in [0.3, 0.4) is 0 Å². The van der Waals surface area contributed by atoms with Crippen LogP contribution in [0, 0.1) is 0 Å². The summed E-state index contributed by atoms with van der Waals surface area (Å²) in [5.74, 6) is 2.03. The second-order valence-electron chi connectivity index (χ2n) is 7.86. The molecule has 4 rings (SSSR count). The zero-order valence-corrected chi connectivity index (χ0v) is 21.7. The number of ether oxygens (including phenoxy) is 3. The number of carbonyl (C=O) groups is 1. The first-order valence-corrected chi connectivity index (χ1v) is 12.2. The summed E-state index contributed by atoms with van der Waals surface area (Å²) in [7, 11) is 1.59. The predicted molar refractivity (Wildman–Crippen MR) is 137 cm³/mol. The Balaban J connectivity index is 1.78. The normalized spacial score (nSPS) is 14.7. The van der Waals surface area contributed by atoms with Crippen LogP contribution < -0.4 is 24.8 Å². The summed E-state index contributed by atoms with van der Waals surface area (Å²) in [5, 5.41) is 10.6. The highest BCUT2D eigenvalue weighted by Crippen LogP contribution is 2.43. The molecule has 1 atom stereocenters. The maximum absolute atomic E-state index is 13.7. The molecule has 0 fully saturated rings. The number of aromatic nitrogens is 3. The van der Waals surface area contributed by atoms with Crippen molar-refractivity contribution in [2.75, 3.05) is 31.0 Å². The Morgan fingerprint density at radius 3 is 2.74 bits per heavy atom. The molecule has 0 bridgehead atoms. The Kier molecular flexibility index (Phi) is 7.60. The molecule has 0 saturated heterocycles. The average molecular weight is 542 g/mol. The van der Waals surface area contributed by atoms with Crippen LogP contribution in [0.4, 0.5) is 11.6 Å². The van der Waals surface area contributed by atoms with Crippen LogP contribution in [0.25, 0.3) is 0 Å². The van der Waals surface area contributed by atoms with Gasteiger partial charge in [-0.15, -0.1) is 0 Å². The van der Waals surface area contributed by atoms with E-state index in [-0.39, 0.29) is 5.91 Å². The third-order valence-electron chi connectivity index (χ3n) is 5.49. The van der Waals surface area contributed by atoms with Gasteiger partial charge in [0.25, 0.3) is 5.91 Å². The molecule has 1 aromatic heterocycles. The number of allylic oxidation sites excluding steroid dienone is 1. The van der Waals surface area contributed by atoms with Crippen molar-refractivity contribution in [2.45, 2.75) is 33.2 Å². The molecule has 0 aliphatic carbocycles. The maximum atomic E-state index is 13.7. The van der Waals surface area contributed by atoms with Crippen LogP contribution >= 0.6 is 15.9 Å². The Hall–Kier alpha value is -3.53. The van der Waals surface area contributed by atoms with E-state index in [0.29, 0.717) is 53.4 Å². The first-order valence-electron chi connectivity index (χ1n) is 11.4. The van der Waals surface area contributed by atoms with E-state index >= 15 is 0 Å². The first kappa shape index (κ1) is 24.6. The minimum Gasteiger partial charge on any atom is -0.493 e. The lowest BCUT2D eigenvalue weighted by Gasteiger charge is -2.29. The fourth-order valence-corrected chi connectivity index (χ4v) is 4.55. The van der Waals surface area contributed by atoms with Gasteiger partial charge in [0.2, 0.25) is 5.95 Å². The summed E-state index contributed by atoms with van der Waals surface area (Å²) in [6.45, 7) is 6.83. The number of methoxy groups -OCH3 is 1. The van der Waals surface area contributed by atoms with Crippen molar-refractivity contribution in [1.82, 2.24) is 14.8 Å². The molecule has 1 aliphatic heterocycles. The summed E-state index contributed by atoms with van der Waals surface area (Å²) < 4.78 is 19.6. The smallest absolute Gasteiger partial charge is 0.255 e. The minimum absolute atomic E-state index is 0.283. The Morgan fingerprint density at radius 1 is 1.20 bits per heavy atom. The second kappa shape index (κ2) is 10.8. The molecule has 0 saturated carbocycles. The van der Waals surface area contributed by atoms with E-state index in [2.05, 4.69) is 36.6 Å². The molecule has 2 heterocycles. The van der Waals surface area contributed by atoms with Crippen molar-refractivity contribution in [3.05, 3.63) is 64.0 Å². The lowest BCUT2D eigenvalue weighted by molar-refractivity contribution is -0.113. The number of hydrogen-bond donors (Lipinski definition) is 2. The lowest BCUT2D eigenvalue weighted by atomic mass is 9.94. The van der Waals surface area contributed by atoms with Gasteiger partial charge in [0.05, 0.1) is 36.1 Å². The molecule has 1 aliphatic rings. The van der Waals surface area contributed by atoms with E-state index in [1.54, 1.807) is 11.8 Å². The number of benzene rings is 2. The summed E-state index contributed by atoms with van der Waals surface area (Å²) in [5.41, 5.74) is 2.53. The van der Waals surface area contributed by atoms with E-state index in [0.717, 1.165) is 16.5 Å². The number of fused-ring (bicyclic) bond motifs is 1. The third-order valence-corrected chi connectivity index (χ3v) is 6.08. The van der Waals surface area contributed by atoms with Crippen LogP contribution in [0.1, 0.15) is 38.8 Å². The molecule has 1 amide bonds. The number of hydrogen-bond acceptors (Lipinski definition) is 7. The van der Waals surface area contributed by atoms with E-state index in [1.165, 1.54) is 6.33 Å². The molecule has 10 heteroatoms. The molecule has 1 unspecified atom stereocenters. The van der Waals surface area contributed by atoms with Crippen molar-refractivity contribution in [2.24, 2.45) is 0 Å². The van der Waals surface area contributed by atoms with Gasteiger partial charge in [-0.25, -0.2) is 4.68 Å². The van der Waals surface area contributed by atoms with Gasteiger partial charge in [-0.05, 0) is 66.0 Å². The maximum Gasteiger partial charge on any atom is 0.255 e. The van der Waals surface area contributed by atoms with E-state index < -0.39 is 6.04 Å². The largest absolute Gasteiger partial charge is 0.493 e. The van der Waals surface area contributed by atoms with Crippen molar-refractivity contribution in [3.8, 4) is 17.2 Å². The highest BCUT2D eigenvalue weighted by atomic mass is 79.9. The summed E-state index contributed by atoms with van der Waals surface area (Å²) in [6, 6.07) is 10.6. The molecule has 2 N–H and O–H groups in total. The van der Waals surface area contributed by atoms with Crippen molar-refractivity contribution < 1.29 is 19.0 Å². The van der Waals surface area contributed by atoms with Gasteiger partial charge >= 0.3 is 0 Å². The SMILES string of the molecule is CCCOc1c(Br)cc(C2C(C(=O)Nc3ccccc3OCC)=C(C)Nc3ncnn32)cc1OC. The van der Waals surface area contributed by atoms with Crippen molar-refractivity contribution in [1.29, 1.82) is 0 Å². The first-order chi connectivity index (χ1) is 17.0. The minimum atomic E-state index is -0.557. The molecule has 2 aromatic carbocycles. The highest BCUT2D eigenvalue weighted by Gasteiger charge is 2.34. The number of halogens is 1. The Morgan fingerprint density at radius 2 is 2.00 bits per heavy atom. The van der Waals surface area contributed by atoms with E-state index in [9.17, 15) is 4.79 Å². The second-order valence-corrected chi connectivity index (χ2v) is 8.71. The summed E-state index contributed by atoms with van der Waals surface area (Å²) >= 11 is 3.62. The molecular weight excluding hydrogens is 514 g/mol. The van der Waals surface area contributed by atoms with Gasteiger partial charge in [0.15, 0.2) is 11.5 Å². The van der Waals surface area contributed by atoms with Gasteiger partial charge in [-0.1, -0.05) is 19.1 Å². The molecule has 0 spiro atoms. The third kappa shape index (κ3) is 4.97. The molecule has 9 nitrogen and oxygen atoms in total. The number of nitrogens with zero attached hydrogens (tertiary/aromatic N) is 3.